The maximum atomic E-state index is 13.8. The van der Waals surface area contributed by atoms with Gasteiger partial charge in [0, 0.05) is 30.7 Å². The highest BCUT2D eigenvalue weighted by molar-refractivity contribution is 9.10. The first kappa shape index (κ1) is 20.2. The van der Waals surface area contributed by atoms with E-state index in [-0.39, 0.29) is 5.82 Å². The third-order valence-corrected chi connectivity index (χ3v) is 5.09. The molecular weight excluding hydrogens is 383 g/mol. The summed E-state index contributed by atoms with van der Waals surface area (Å²) in [6.07, 6.45) is 2.83. The number of rotatable bonds is 8. The summed E-state index contributed by atoms with van der Waals surface area (Å²) < 4.78 is 14.6. The fraction of sp³-hybridized carbons (Fsp3) is 0.632. The van der Waals surface area contributed by atoms with Crippen LogP contribution in [0.3, 0.4) is 0 Å². The molecular formula is C19H30BrFN4. The summed E-state index contributed by atoms with van der Waals surface area (Å²) in [5.41, 5.74) is 0.762. The molecule has 1 aromatic carbocycles. The molecule has 0 aromatic heterocycles. The quantitative estimate of drug-likeness (QED) is 0.390. The topological polar surface area (TPSA) is 39.7 Å². The third-order valence-electron chi connectivity index (χ3n) is 4.60. The Bertz CT molecular complexity index is 564. The number of aliphatic imine (C=N–C) groups is 1. The number of nitrogens with zero attached hydrogens (tertiary/aromatic N) is 2. The second-order valence-corrected chi connectivity index (χ2v) is 7.45. The zero-order valence-electron chi connectivity index (χ0n) is 15.3. The van der Waals surface area contributed by atoms with Crippen LogP contribution >= 0.6 is 15.9 Å². The van der Waals surface area contributed by atoms with Gasteiger partial charge in [0.1, 0.15) is 5.82 Å². The second-order valence-electron chi connectivity index (χ2n) is 6.53. The maximum Gasteiger partial charge on any atom is 0.191 e. The van der Waals surface area contributed by atoms with Crippen molar-refractivity contribution >= 4 is 21.9 Å². The van der Waals surface area contributed by atoms with Gasteiger partial charge in [-0.15, -0.1) is 0 Å². The third kappa shape index (κ3) is 6.94. The van der Waals surface area contributed by atoms with Gasteiger partial charge in [0.05, 0.1) is 0 Å². The summed E-state index contributed by atoms with van der Waals surface area (Å²) in [7, 11) is 0. The average molecular weight is 413 g/mol. The molecule has 0 aliphatic carbocycles. The monoisotopic (exact) mass is 412 g/mol. The number of hydrogen-bond donors (Lipinski definition) is 2. The highest BCUT2D eigenvalue weighted by Gasteiger charge is 2.20. The zero-order valence-corrected chi connectivity index (χ0v) is 16.9. The van der Waals surface area contributed by atoms with E-state index in [1.807, 2.05) is 12.1 Å². The minimum absolute atomic E-state index is 0.142. The van der Waals surface area contributed by atoms with Crippen LogP contribution in [0.25, 0.3) is 0 Å². The molecule has 1 heterocycles. The first-order valence-corrected chi connectivity index (χ1v) is 10.1. The molecule has 140 valence electrons. The van der Waals surface area contributed by atoms with Crippen molar-refractivity contribution in [2.75, 3.05) is 39.3 Å². The van der Waals surface area contributed by atoms with E-state index in [9.17, 15) is 4.39 Å². The largest absolute Gasteiger partial charge is 0.357 e. The summed E-state index contributed by atoms with van der Waals surface area (Å²) in [6.45, 7) is 10.3. The van der Waals surface area contributed by atoms with E-state index in [4.69, 9.17) is 4.99 Å². The van der Waals surface area contributed by atoms with Crippen LogP contribution in [0.15, 0.2) is 27.7 Å². The molecule has 0 bridgehead atoms. The van der Waals surface area contributed by atoms with E-state index in [0.717, 1.165) is 61.6 Å². The number of aryl methyl sites for hydroxylation is 1. The lowest BCUT2D eigenvalue weighted by molar-refractivity contribution is 0.343. The predicted octanol–water partition coefficient (Wildman–Crippen LogP) is 3.42. The summed E-state index contributed by atoms with van der Waals surface area (Å²) in [4.78, 5) is 7.20. The molecule has 0 saturated carbocycles. The Morgan fingerprint density at radius 2 is 2.20 bits per heavy atom. The molecule has 0 spiro atoms. The van der Waals surface area contributed by atoms with Crippen molar-refractivity contribution in [2.45, 2.75) is 33.1 Å². The number of benzene rings is 1. The lowest BCUT2D eigenvalue weighted by Crippen LogP contribution is -2.38. The molecule has 1 aliphatic heterocycles. The number of hydrogen-bond acceptors (Lipinski definition) is 2. The van der Waals surface area contributed by atoms with Crippen molar-refractivity contribution in [3.8, 4) is 0 Å². The van der Waals surface area contributed by atoms with Gasteiger partial charge in [-0.25, -0.2) is 4.39 Å². The Morgan fingerprint density at radius 3 is 2.88 bits per heavy atom. The first-order chi connectivity index (χ1) is 12.1. The lowest BCUT2D eigenvalue weighted by Gasteiger charge is -2.14. The van der Waals surface area contributed by atoms with Gasteiger partial charge in [0.15, 0.2) is 5.96 Å². The van der Waals surface area contributed by atoms with Crippen molar-refractivity contribution in [3.05, 3.63) is 34.1 Å². The average Bonchev–Trinajstić information content (AvgIpc) is 3.06. The van der Waals surface area contributed by atoms with Gasteiger partial charge < -0.3 is 15.5 Å². The van der Waals surface area contributed by atoms with Crippen LogP contribution in [0.4, 0.5) is 4.39 Å². The Kier molecular flexibility index (Phi) is 8.68. The predicted molar refractivity (Wildman–Crippen MR) is 107 cm³/mol. The summed E-state index contributed by atoms with van der Waals surface area (Å²) >= 11 is 3.29. The molecule has 2 N–H and O–H groups in total. The molecule has 1 saturated heterocycles. The molecule has 0 amide bonds. The fourth-order valence-corrected chi connectivity index (χ4v) is 3.45. The number of likely N-dealkylation sites (tertiary alicyclic amines) is 1. The van der Waals surface area contributed by atoms with Crippen molar-refractivity contribution in [3.63, 3.8) is 0 Å². The van der Waals surface area contributed by atoms with Crippen LogP contribution in [-0.2, 0) is 6.42 Å². The van der Waals surface area contributed by atoms with Crippen LogP contribution in [0.1, 0.15) is 32.3 Å². The molecule has 1 unspecified atom stereocenters. The Morgan fingerprint density at radius 1 is 1.36 bits per heavy atom. The van der Waals surface area contributed by atoms with E-state index in [2.05, 4.69) is 45.3 Å². The van der Waals surface area contributed by atoms with Crippen molar-refractivity contribution in [1.82, 2.24) is 15.5 Å². The Balaban J connectivity index is 1.74. The summed E-state index contributed by atoms with van der Waals surface area (Å²) in [5, 5.41) is 6.66. The highest BCUT2D eigenvalue weighted by atomic mass is 79.9. The van der Waals surface area contributed by atoms with Crippen LogP contribution in [-0.4, -0.2) is 50.1 Å². The van der Waals surface area contributed by atoms with Crippen molar-refractivity contribution in [1.29, 1.82) is 0 Å². The molecule has 4 nitrogen and oxygen atoms in total. The normalized spacial score (nSPS) is 18.6. The van der Waals surface area contributed by atoms with Gasteiger partial charge in [-0.1, -0.05) is 28.9 Å². The molecule has 6 heteroatoms. The molecule has 1 aromatic rings. The van der Waals surface area contributed by atoms with E-state index < -0.39 is 0 Å². The maximum absolute atomic E-state index is 13.8. The number of guanidine groups is 1. The highest BCUT2D eigenvalue weighted by Crippen LogP contribution is 2.17. The van der Waals surface area contributed by atoms with E-state index in [1.54, 1.807) is 0 Å². The van der Waals surface area contributed by atoms with E-state index in [1.165, 1.54) is 19.0 Å². The molecule has 1 aliphatic rings. The smallest absolute Gasteiger partial charge is 0.191 e. The van der Waals surface area contributed by atoms with Crippen LogP contribution in [0.5, 0.6) is 0 Å². The van der Waals surface area contributed by atoms with Gasteiger partial charge in [0.2, 0.25) is 0 Å². The lowest BCUT2D eigenvalue weighted by atomic mass is 10.1. The van der Waals surface area contributed by atoms with Crippen LogP contribution in [0, 0.1) is 11.7 Å². The van der Waals surface area contributed by atoms with Gasteiger partial charge in [0.25, 0.3) is 0 Å². The minimum Gasteiger partial charge on any atom is -0.357 e. The second kappa shape index (κ2) is 10.8. The van der Waals surface area contributed by atoms with Gasteiger partial charge in [-0.3, -0.25) is 4.99 Å². The summed E-state index contributed by atoms with van der Waals surface area (Å²) in [5.74, 6) is 1.39. The van der Waals surface area contributed by atoms with Crippen molar-refractivity contribution in [2.24, 2.45) is 10.9 Å². The minimum atomic E-state index is -0.142. The molecule has 25 heavy (non-hydrogen) atoms. The Labute approximate surface area is 159 Å². The van der Waals surface area contributed by atoms with Gasteiger partial charge in [-0.05, 0) is 62.9 Å². The first-order valence-electron chi connectivity index (χ1n) is 9.30. The molecule has 1 fully saturated rings. The van der Waals surface area contributed by atoms with Crippen LogP contribution in [0.2, 0.25) is 0 Å². The van der Waals surface area contributed by atoms with Gasteiger partial charge in [-0.2, -0.15) is 0 Å². The fourth-order valence-electron chi connectivity index (χ4n) is 3.12. The number of nitrogens with one attached hydrogen (secondary N) is 2. The Hall–Kier alpha value is -1.14. The summed E-state index contributed by atoms with van der Waals surface area (Å²) in [6, 6.07) is 5.26. The van der Waals surface area contributed by atoms with E-state index in [0.29, 0.717) is 5.92 Å². The van der Waals surface area contributed by atoms with Crippen molar-refractivity contribution < 1.29 is 4.39 Å². The van der Waals surface area contributed by atoms with Gasteiger partial charge >= 0.3 is 0 Å². The zero-order chi connectivity index (χ0) is 18.1. The standard InChI is InChI=1S/C19H30BrFN4/c1-3-22-19(24-13-15-9-11-25(4-2)14-15)23-10-5-6-16-7-8-17(20)12-18(16)21/h7-8,12,15H,3-6,9-11,13-14H2,1-2H3,(H2,22,23,24). The molecule has 0 radical (unpaired) electrons. The van der Waals surface area contributed by atoms with E-state index >= 15 is 0 Å². The van der Waals surface area contributed by atoms with Crippen LogP contribution < -0.4 is 10.6 Å². The molecule has 1 atom stereocenters. The molecule has 2 rings (SSSR count). The number of halogens is 2. The SMILES string of the molecule is CCNC(=NCC1CCN(CC)C1)NCCCc1ccc(Br)cc1F.